The summed E-state index contributed by atoms with van der Waals surface area (Å²) in [6, 6.07) is 11.7. The molecule has 1 saturated heterocycles. The number of rotatable bonds is 3. The van der Waals surface area contributed by atoms with Crippen LogP contribution in [0, 0.1) is 11.8 Å². The van der Waals surface area contributed by atoms with Crippen LogP contribution in [0.15, 0.2) is 36.4 Å². The van der Waals surface area contributed by atoms with Crippen LogP contribution < -0.4 is 4.90 Å². The third-order valence-corrected chi connectivity index (χ3v) is 4.78. The monoisotopic (exact) mass is 341 g/mol. The number of anilines is 1. The van der Waals surface area contributed by atoms with Gasteiger partial charge in [-0.05, 0) is 25.1 Å². The van der Waals surface area contributed by atoms with Gasteiger partial charge in [0.1, 0.15) is 9.88 Å². The first kappa shape index (κ1) is 16.6. The van der Waals surface area contributed by atoms with Gasteiger partial charge >= 0.3 is 5.97 Å². The molecule has 3 rings (SSSR count). The Balaban J connectivity index is 1.93. The van der Waals surface area contributed by atoms with Crippen molar-refractivity contribution in [2.45, 2.75) is 6.92 Å². The van der Waals surface area contributed by atoms with Crippen LogP contribution >= 0.6 is 11.3 Å². The van der Waals surface area contributed by atoms with Crippen LogP contribution in [-0.4, -0.2) is 38.9 Å². The van der Waals surface area contributed by atoms with Crippen molar-refractivity contribution in [2.24, 2.45) is 0 Å². The van der Waals surface area contributed by atoms with E-state index in [9.17, 15) is 4.79 Å². The molecule has 124 valence electrons. The smallest absolute Gasteiger partial charge is 0.348 e. The predicted octanol–water partition coefficient (Wildman–Crippen LogP) is 3.16. The average molecular weight is 341 g/mol. The third kappa shape index (κ3) is 3.97. The van der Waals surface area contributed by atoms with Crippen molar-refractivity contribution in [3.63, 3.8) is 0 Å². The fourth-order valence-corrected chi connectivity index (χ4v) is 3.50. The molecule has 0 saturated carbocycles. The summed E-state index contributed by atoms with van der Waals surface area (Å²) >= 11 is 1.44. The second kappa shape index (κ2) is 8.00. The minimum Gasteiger partial charge on any atom is -0.462 e. The van der Waals surface area contributed by atoms with Crippen LogP contribution in [0.2, 0.25) is 0 Å². The molecule has 0 radical (unpaired) electrons. The lowest BCUT2D eigenvalue weighted by molar-refractivity contribution is 0.0532. The first-order valence-corrected chi connectivity index (χ1v) is 8.80. The molecule has 1 fully saturated rings. The van der Waals surface area contributed by atoms with Crippen molar-refractivity contribution in [1.29, 1.82) is 0 Å². The lowest BCUT2D eigenvalue weighted by Gasteiger charge is -2.27. The Kier molecular flexibility index (Phi) is 5.52. The molecule has 24 heavy (non-hydrogen) atoms. The van der Waals surface area contributed by atoms with Gasteiger partial charge in [0.15, 0.2) is 0 Å². The quantitative estimate of drug-likeness (QED) is 0.635. The van der Waals surface area contributed by atoms with E-state index in [4.69, 9.17) is 9.47 Å². The molecular weight excluding hydrogens is 322 g/mol. The molecule has 1 aromatic heterocycles. The molecule has 1 aliphatic heterocycles. The Morgan fingerprint density at radius 3 is 2.71 bits per heavy atom. The zero-order valence-electron chi connectivity index (χ0n) is 13.6. The number of hydrogen-bond acceptors (Lipinski definition) is 5. The molecule has 2 aromatic rings. The molecule has 0 amide bonds. The van der Waals surface area contributed by atoms with E-state index in [0.29, 0.717) is 24.7 Å². The van der Waals surface area contributed by atoms with Crippen molar-refractivity contribution < 1.29 is 14.3 Å². The van der Waals surface area contributed by atoms with Gasteiger partial charge in [-0.2, -0.15) is 0 Å². The third-order valence-electron chi connectivity index (χ3n) is 3.60. The minimum atomic E-state index is -0.287. The Morgan fingerprint density at radius 2 is 2.00 bits per heavy atom. The van der Waals surface area contributed by atoms with Crippen molar-refractivity contribution in [3.8, 4) is 11.8 Å². The highest BCUT2D eigenvalue weighted by Crippen LogP contribution is 2.32. The summed E-state index contributed by atoms with van der Waals surface area (Å²) in [7, 11) is 0. The number of thiophene rings is 1. The molecule has 0 bridgehead atoms. The SMILES string of the molecule is CCOC(=O)c1cc(C#Cc2ccccc2)c(N2CCOCC2)s1. The molecule has 0 atom stereocenters. The maximum Gasteiger partial charge on any atom is 0.348 e. The number of esters is 1. The molecule has 4 nitrogen and oxygen atoms in total. The molecule has 0 N–H and O–H groups in total. The average Bonchev–Trinajstić information content (AvgIpc) is 3.06. The van der Waals surface area contributed by atoms with E-state index >= 15 is 0 Å². The van der Waals surface area contributed by atoms with Gasteiger partial charge in [-0.25, -0.2) is 4.79 Å². The van der Waals surface area contributed by atoms with Gasteiger partial charge in [-0.3, -0.25) is 0 Å². The van der Waals surface area contributed by atoms with Gasteiger partial charge in [-0.15, -0.1) is 11.3 Å². The van der Waals surface area contributed by atoms with Gasteiger partial charge in [0.2, 0.25) is 0 Å². The molecule has 1 aliphatic rings. The molecular formula is C19H19NO3S. The number of morpholine rings is 1. The zero-order valence-corrected chi connectivity index (χ0v) is 14.4. The van der Waals surface area contributed by atoms with Crippen LogP contribution in [0.1, 0.15) is 27.7 Å². The van der Waals surface area contributed by atoms with Gasteiger partial charge in [-0.1, -0.05) is 30.0 Å². The summed E-state index contributed by atoms with van der Waals surface area (Å²) in [4.78, 5) is 14.9. The highest BCUT2D eigenvalue weighted by Gasteiger charge is 2.20. The summed E-state index contributed by atoms with van der Waals surface area (Å²) in [6.07, 6.45) is 0. The predicted molar refractivity (Wildman–Crippen MR) is 95.7 cm³/mol. The second-order valence-electron chi connectivity index (χ2n) is 5.27. The molecule has 0 aliphatic carbocycles. The minimum absolute atomic E-state index is 0.287. The lowest BCUT2D eigenvalue weighted by atomic mass is 10.2. The van der Waals surface area contributed by atoms with E-state index in [2.05, 4.69) is 16.7 Å². The zero-order chi connectivity index (χ0) is 16.8. The second-order valence-corrected chi connectivity index (χ2v) is 6.30. The molecule has 1 aromatic carbocycles. The van der Waals surface area contributed by atoms with Crippen molar-refractivity contribution >= 4 is 22.3 Å². The van der Waals surface area contributed by atoms with Gasteiger partial charge < -0.3 is 14.4 Å². The normalized spacial score (nSPS) is 14.0. The van der Waals surface area contributed by atoms with Crippen LogP contribution in [-0.2, 0) is 9.47 Å². The molecule has 5 heteroatoms. The summed E-state index contributed by atoms with van der Waals surface area (Å²) in [5.41, 5.74) is 1.82. The first-order valence-electron chi connectivity index (χ1n) is 7.98. The number of carbonyl (C=O) groups is 1. The number of ether oxygens (including phenoxy) is 2. The molecule has 0 unspecified atom stereocenters. The Hall–Kier alpha value is -2.29. The largest absolute Gasteiger partial charge is 0.462 e. The maximum atomic E-state index is 12.1. The van der Waals surface area contributed by atoms with E-state index in [1.165, 1.54) is 11.3 Å². The van der Waals surface area contributed by atoms with Gasteiger partial charge in [0.05, 0.1) is 25.4 Å². The van der Waals surface area contributed by atoms with Crippen LogP contribution in [0.3, 0.4) is 0 Å². The highest BCUT2D eigenvalue weighted by atomic mass is 32.1. The lowest BCUT2D eigenvalue weighted by Crippen LogP contribution is -2.36. The molecule has 2 heterocycles. The number of hydrogen-bond donors (Lipinski definition) is 0. The summed E-state index contributed by atoms with van der Waals surface area (Å²) < 4.78 is 10.5. The van der Waals surface area contributed by atoms with Crippen molar-refractivity contribution in [3.05, 3.63) is 52.4 Å². The fraction of sp³-hybridized carbons (Fsp3) is 0.316. The van der Waals surface area contributed by atoms with E-state index in [0.717, 1.165) is 29.2 Å². The van der Waals surface area contributed by atoms with Gasteiger partial charge in [0, 0.05) is 18.7 Å². The highest BCUT2D eigenvalue weighted by molar-refractivity contribution is 7.18. The Labute approximate surface area is 146 Å². The van der Waals surface area contributed by atoms with E-state index < -0.39 is 0 Å². The Bertz CT molecular complexity index is 752. The van der Waals surface area contributed by atoms with E-state index in [1.807, 2.05) is 43.3 Å². The van der Waals surface area contributed by atoms with Crippen LogP contribution in [0.4, 0.5) is 5.00 Å². The van der Waals surface area contributed by atoms with Crippen LogP contribution in [0.25, 0.3) is 0 Å². The van der Waals surface area contributed by atoms with E-state index in [1.54, 1.807) is 0 Å². The number of carbonyl (C=O) groups excluding carboxylic acids is 1. The maximum absolute atomic E-state index is 12.1. The number of benzene rings is 1. The first-order chi connectivity index (χ1) is 11.8. The van der Waals surface area contributed by atoms with Crippen LogP contribution in [0.5, 0.6) is 0 Å². The standard InChI is InChI=1S/C19H19NO3S/c1-2-23-19(21)17-14-16(9-8-15-6-4-3-5-7-15)18(24-17)20-10-12-22-13-11-20/h3-7,14H,2,10-13H2,1H3. The molecule has 0 spiro atoms. The fourth-order valence-electron chi connectivity index (χ4n) is 2.44. The van der Waals surface area contributed by atoms with Crippen molar-refractivity contribution in [2.75, 3.05) is 37.8 Å². The number of nitrogens with zero attached hydrogens (tertiary/aromatic N) is 1. The van der Waals surface area contributed by atoms with Crippen molar-refractivity contribution in [1.82, 2.24) is 0 Å². The topological polar surface area (TPSA) is 38.8 Å². The Morgan fingerprint density at radius 1 is 1.25 bits per heavy atom. The summed E-state index contributed by atoms with van der Waals surface area (Å²) in [5.74, 6) is 6.10. The summed E-state index contributed by atoms with van der Waals surface area (Å²) in [6.45, 7) is 5.18. The summed E-state index contributed by atoms with van der Waals surface area (Å²) in [5, 5.41) is 1.02. The van der Waals surface area contributed by atoms with Gasteiger partial charge in [0.25, 0.3) is 0 Å². The van der Waals surface area contributed by atoms with E-state index in [-0.39, 0.29) is 5.97 Å².